The molecule has 1 spiro atoms. The van der Waals surface area contributed by atoms with Gasteiger partial charge in [0.2, 0.25) is 0 Å². The van der Waals surface area contributed by atoms with Crippen molar-refractivity contribution in [3.8, 4) is 5.75 Å². The molecule has 3 heterocycles. The number of hydrogen-bond donors (Lipinski definition) is 0. The molecule has 1 fully saturated rings. The van der Waals surface area contributed by atoms with Crippen molar-refractivity contribution in [2.24, 2.45) is 0 Å². The highest BCUT2D eigenvalue weighted by Crippen LogP contribution is 2.40. The van der Waals surface area contributed by atoms with E-state index in [4.69, 9.17) is 21.1 Å². The first-order chi connectivity index (χ1) is 14.5. The lowest BCUT2D eigenvalue weighted by Gasteiger charge is -2.45. The van der Waals surface area contributed by atoms with Gasteiger partial charge in [0.25, 0.3) is 0 Å². The van der Waals surface area contributed by atoms with Gasteiger partial charge in [-0.25, -0.2) is 9.97 Å². The lowest BCUT2D eigenvalue weighted by atomic mass is 9.83. The van der Waals surface area contributed by atoms with E-state index >= 15 is 0 Å². The highest BCUT2D eigenvalue weighted by Gasteiger charge is 2.39. The molecule has 0 aliphatic carbocycles. The summed E-state index contributed by atoms with van der Waals surface area (Å²) in [6.45, 7) is 5.50. The second-order valence-electron chi connectivity index (χ2n) is 8.18. The van der Waals surface area contributed by atoms with Crippen molar-refractivity contribution in [1.82, 2.24) is 9.97 Å². The van der Waals surface area contributed by atoms with Crippen molar-refractivity contribution in [1.29, 1.82) is 0 Å². The van der Waals surface area contributed by atoms with Crippen LogP contribution in [0.25, 0.3) is 0 Å². The van der Waals surface area contributed by atoms with Gasteiger partial charge in [-0.15, -0.1) is 0 Å². The fourth-order valence-corrected chi connectivity index (χ4v) is 4.43. The maximum Gasteiger partial charge on any atom is 0.306 e. The fraction of sp³-hybridized carbons (Fsp3) is 0.522. The predicted molar refractivity (Wildman–Crippen MR) is 116 cm³/mol. The van der Waals surface area contributed by atoms with Crippen molar-refractivity contribution >= 4 is 23.4 Å². The zero-order valence-corrected chi connectivity index (χ0v) is 18.3. The minimum absolute atomic E-state index is 0.115. The maximum absolute atomic E-state index is 11.8. The summed E-state index contributed by atoms with van der Waals surface area (Å²) < 4.78 is 11.9. The van der Waals surface area contributed by atoms with Gasteiger partial charge >= 0.3 is 5.97 Å². The molecule has 1 aromatic heterocycles. The number of ether oxygens (including phenoxy) is 2. The number of halogens is 1. The van der Waals surface area contributed by atoms with E-state index in [9.17, 15) is 4.79 Å². The Bertz CT molecular complexity index is 912. The lowest BCUT2D eigenvalue weighted by molar-refractivity contribution is -0.149. The second kappa shape index (κ2) is 8.80. The monoisotopic (exact) mass is 429 g/mol. The van der Waals surface area contributed by atoms with Gasteiger partial charge in [0.15, 0.2) is 11.9 Å². The predicted octanol–water partition coefficient (Wildman–Crippen LogP) is 4.90. The first-order valence-corrected chi connectivity index (χ1v) is 11.1. The SMILES string of the molecule is CCCC(=O)O[C@H](C)c1nccc(N2CCC3(CCc4cc(Cl)ccc4O3)CC2)n1. The number of anilines is 1. The molecule has 0 amide bonds. The number of piperidine rings is 1. The van der Waals surface area contributed by atoms with Crippen molar-refractivity contribution in [2.75, 3.05) is 18.0 Å². The molecule has 0 bridgehead atoms. The average Bonchev–Trinajstić information content (AvgIpc) is 2.75. The van der Waals surface area contributed by atoms with Crippen molar-refractivity contribution in [2.45, 2.75) is 64.1 Å². The summed E-state index contributed by atoms with van der Waals surface area (Å²) in [5.41, 5.74) is 1.08. The Hall–Kier alpha value is -2.34. The van der Waals surface area contributed by atoms with E-state index in [0.29, 0.717) is 12.2 Å². The lowest BCUT2D eigenvalue weighted by Crippen LogP contribution is -2.50. The molecule has 0 N–H and O–H groups in total. The number of nitrogens with zero attached hydrogens (tertiary/aromatic N) is 3. The van der Waals surface area contributed by atoms with Crippen LogP contribution in [0.4, 0.5) is 5.82 Å². The highest BCUT2D eigenvalue weighted by molar-refractivity contribution is 6.30. The van der Waals surface area contributed by atoms with Crippen LogP contribution in [0.3, 0.4) is 0 Å². The number of aryl methyl sites for hydroxylation is 1. The van der Waals surface area contributed by atoms with E-state index in [2.05, 4.69) is 14.9 Å². The Morgan fingerprint density at radius 1 is 1.30 bits per heavy atom. The van der Waals surface area contributed by atoms with Crippen molar-refractivity contribution in [3.05, 3.63) is 46.9 Å². The number of carbonyl (C=O) groups is 1. The van der Waals surface area contributed by atoms with E-state index in [0.717, 1.165) is 61.8 Å². The van der Waals surface area contributed by atoms with Crippen LogP contribution in [0.2, 0.25) is 5.02 Å². The molecule has 0 radical (unpaired) electrons. The molecule has 2 aliphatic heterocycles. The van der Waals surface area contributed by atoms with Gasteiger partial charge in [0.05, 0.1) is 0 Å². The zero-order chi connectivity index (χ0) is 21.1. The summed E-state index contributed by atoms with van der Waals surface area (Å²) in [5.74, 6) is 2.16. The van der Waals surface area contributed by atoms with Gasteiger partial charge in [0.1, 0.15) is 17.2 Å². The number of aromatic nitrogens is 2. The Kier molecular flexibility index (Phi) is 6.14. The number of carbonyl (C=O) groups excluding carboxylic acids is 1. The third-order valence-electron chi connectivity index (χ3n) is 5.98. The van der Waals surface area contributed by atoms with Gasteiger partial charge in [-0.1, -0.05) is 18.5 Å². The summed E-state index contributed by atoms with van der Waals surface area (Å²) in [4.78, 5) is 23.0. The topological polar surface area (TPSA) is 64.5 Å². The number of hydrogen-bond acceptors (Lipinski definition) is 6. The number of fused-ring (bicyclic) bond motifs is 1. The van der Waals surface area contributed by atoms with Crippen LogP contribution in [0, 0.1) is 0 Å². The van der Waals surface area contributed by atoms with E-state index in [1.165, 1.54) is 5.56 Å². The molecule has 1 saturated heterocycles. The van der Waals surface area contributed by atoms with E-state index < -0.39 is 6.10 Å². The minimum atomic E-state index is -0.454. The second-order valence-corrected chi connectivity index (χ2v) is 8.62. The van der Waals surface area contributed by atoms with E-state index in [1.54, 1.807) is 6.20 Å². The first kappa shape index (κ1) is 20.9. The largest absolute Gasteiger partial charge is 0.487 e. The van der Waals surface area contributed by atoms with Gasteiger partial charge in [-0.2, -0.15) is 0 Å². The van der Waals surface area contributed by atoms with Gasteiger partial charge in [-0.05, 0) is 56.0 Å². The van der Waals surface area contributed by atoms with Crippen LogP contribution in [-0.2, 0) is 16.0 Å². The van der Waals surface area contributed by atoms with Crippen LogP contribution in [0.1, 0.15) is 63.4 Å². The van der Waals surface area contributed by atoms with E-state index in [1.807, 2.05) is 38.1 Å². The molecule has 0 saturated carbocycles. The summed E-state index contributed by atoms with van der Waals surface area (Å²) >= 11 is 6.12. The summed E-state index contributed by atoms with van der Waals surface area (Å²) in [7, 11) is 0. The number of rotatable bonds is 5. The summed E-state index contributed by atoms with van der Waals surface area (Å²) in [6, 6.07) is 7.81. The molecular formula is C23H28ClN3O3. The highest BCUT2D eigenvalue weighted by atomic mass is 35.5. The molecule has 2 aromatic rings. The molecule has 2 aliphatic rings. The van der Waals surface area contributed by atoms with Crippen LogP contribution >= 0.6 is 11.6 Å². The van der Waals surface area contributed by atoms with Crippen LogP contribution in [0.5, 0.6) is 5.75 Å². The van der Waals surface area contributed by atoms with Crippen molar-refractivity contribution in [3.63, 3.8) is 0 Å². The zero-order valence-electron chi connectivity index (χ0n) is 17.6. The third-order valence-corrected chi connectivity index (χ3v) is 6.22. The Labute approximate surface area is 182 Å². The molecule has 7 heteroatoms. The molecule has 4 rings (SSSR count). The van der Waals surface area contributed by atoms with Gasteiger partial charge < -0.3 is 14.4 Å². The van der Waals surface area contributed by atoms with Crippen LogP contribution in [-0.4, -0.2) is 34.6 Å². The van der Waals surface area contributed by atoms with Crippen molar-refractivity contribution < 1.29 is 14.3 Å². The Morgan fingerprint density at radius 2 is 2.10 bits per heavy atom. The Balaban J connectivity index is 1.40. The molecular weight excluding hydrogens is 402 g/mol. The smallest absolute Gasteiger partial charge is 0.306 e. The fourth-order valence-electron chi connectivity index (χ4n) is 4.23. The third kappa shape index (κ3) is 4.53. The molecule has 1 aromatic carbocycles. The molecule has 30 heavy (non-hydrogen) atoms. The number of esters is 1. The van der Waals surface area contributed by atoms with Crippen LogP contribution < -0.4 is 9.64 Å². The average molecular weight is 430 g/mol. The number of benzene rings is 1. The first-order valence-electron chi connectivity index (χ1n) is 10.7. The molecule has 160 valence electrons. The standard InChI is InChI=1S/C23H28ClN3O3/c1-3-4-21(28)29-16(2)22-25-12-8-20(26-22)27-13-10-23(11-14-27)9-7-17-15-18(24)5-6-19(17)30-23/h5-6,8,12,15-16H,3-4,7,9-11,13-14H2,1-2H3/t16-/m1/s1. The van der Waals surface area contributed by atoms with Gasteiger partial charge in [0, 0.05) is 43.6 Å². The minimum Gasteiger partial charge on any atom is -0.487 e. The molecule has 0 unspecified atom stereocenters. The molecule has 6 nitrogen and oxygen atoms in total. The Morgan fingerprint density at radius 3 is 2.87 bits per heavy atom. The summed E-state index contributed by atoms with van der Waals surface area (Å²) in [6.07, 6.45) is 6.34. The normalized spacial score (nSPS) is 18.4. The van der Waals surface area contributed by atoms with E-state index in [-0.39, 0.29) is 11.6 Å². The van der Waals surface area contributed by atoms with Gasteiger partial charge in [-0.3, -0.25) is 4.79 Å². The molecule has 1 atom stereocenters. The summed E-state index contributed by atoms with van der Waals surface area (Å²) in [5, 5.41) is 0.761. The maximum atomic E-state index is 11.8. The van der Waals surface area contributed by atoms with Crippen LogP contribution in [0.15, 0.2) is 30.5 Å². The quantitative estimate of drug-likeness (QED) is 0.630.